The Balaban J connectivity index is 1.50. The van der Waals surface area contributed by atoms with Gasteiger partial charge in [0.1, 0.15) is 0 Å². The summed E-state index contributed by atoms with van der Waals surface area (Å²) < 4.78 is 1.85. The van der Waals surface area contributed by atoms with Gasteiger partial charge in [-0.15, -0.1) is 11.3 Å². The molecule has 2 amide bonds. The van der Waals surface area contributed by atoms with Gasteiger partial charge in [-0.25, -0.2) is 9.78 Å². The van der Waals surface area contributed by atoms with Crippen LogP contribution in [0.15, 0.2) is 48.1 Å². The highest BCUT2D eigenvalue weighted by molar-refractivity contribution is 7.09. The molecule has 118 valence electrons. The molecule has 6 nitrogen and oxygen atoms in total. The van der Waals surface area contributed by atoms with Crippen LogP contribution in [0.3, 0.4) is 0 Å². The molecule has 1 aromatic carbocycles. The van der Waals surface area contributed by atoms with Crippen LogP contribution >= 0.6 is 11.3 Å². The van der Waals surface area contributed by atoms with Crippen molar-refractivity contribution in [2.45, 2.75) is 20.0 Å². The zero-order chi connectivity index (χ0) is 16.1. The van der Waals surface area contributed by atoms with E-state index in [4.69, 9.17) is 0 Å². The van der Waals surface area contributed by atoms with E-state index in [9.17, 15) is 4.79 Å². The van der Waals surface area contributed by atoms with Crippen LogP contribution in [0.4, 0.5) is 10.5 Å². The summed E-state index contributed by atoms with van der Waals surface area (Å²) in [6.45, 7) is 3.08. The van der Waals surface area contributed by atoms with E-state index in [2.05, 4.69) is 20.7 Å². The molecule has 0 atom stereocenters. The molecule has 2 N–H and O–H groups in total. The molecule has 0 fully saturated rings. The Hall–Kier alpha value is -2.67. The van der Waals surface area contributed by atoms with Crippen LogP contribution in [-0.4, -0.2) is 20.8 Å². The predicted molar refractivity (Wildman–Crippen MR) is 90.5 cm³/mol. The number of nitrogens with zero attached hydrogens (tertiary/aromatic N) is 3. The van der Waals surface area contributed by atoms with Crippen molar-refractivity contribution in [2.75, 3.05) is 5.32 Å². The highest BCUT2D eigenvalue weighted by Crippen LogP contribution is 2.11. The number of carbonyl (C=O) groups excluding carboxylic acids is 1. The highest BCUT2D eigenvalue weighted by Gasteiger charge is 2.04. The fourth-order valence-corrected chi connectivity index (χ4v) is 2.72. The van der Waals surface area contributed by atoms with Crippen molar-refractivity contribution < 1.29 is 4.79 Å². The maximum Gasteiger partial charge on any atom is 0.319 e. The number of thiazole rings is 1. The zero-order valence-corrected chi connectivity index (χ0v) is 13.5. The van der Waals surface area contributed by atoms with Crippen molar-refractivity contribution in [3.63, 3.8) is 0 Å². The third-order valence-electron chi connectivity index (χ3n) is 3.21. The lowest BCUT2D eigenvalue weighted by Crippen LogP contribution is -2.28. The largest absolute Gasteiger partial charge is 0.332 e. The summed E-state index contributed by atoms with van der Waals surface area (Å²) in [5, 5.41) is 12.7. The van der Waals surface area contributed by atoms with E-state index in [0.717, 1.165) is 22.0 Å². The Morgan fingerprint density at radius 3 is 2.78 bits per heavy atom. The number of carbonyl (C=O) groups is 1. The predicted octanol–water partition coefficient (Wildman–Crippen LogP) is 3.02. The number of hydrogen-bond acceptors (Lipinski definition) is 4. The second-order valence-corrected chi connectivity index (χ2v) is 6.13. The number of benzene rings is 1. The van der Waals surface area contributed by atoms with Crippen molar-refractivity contribution in [1.82, 2.24) is 20.1 Å². The minimum absolute atomic E-state index is 0.240. The van der Waals surface area contributed by atoms with Crippen molar-refractivity contribution in [3.8, 4) is 0 Å². The average molecular weight is 327 g/mol. The first-order valence-corrected chi connectivity index (χ1v) is 8.09. The van der Waals surface area contributed by atoms with Crippen molar-refractivity contribution in [3.05, 3.63) is 64.4 Å². The molecule has 7 heteroatoms. The van der Waals surface area contributed by atoms with Crippen LogP contribution in [0.2, 0.25) is 0 Å². The highest BCUT2D eigenvalue weighted by atomic mass is 32.1. The molecule has 0 aliphatic heterocycles. The topological polar surface area (TPSA) is 71.8 Å². The summed E-state index contributed by atoms with van der Waals surface area (Å²) >= 11 is 1.57. The molecule has 0 spiro atoms. The fraction of sp³-hybridized carbons (Fsp3) is 0.188. The Kier molecular flexibility index (Phi) is 4.68. The second-order valence-electron chi connectivity index (χ2n) is 5.07. The molecule has 2 aromatic heterocycles. The maximum atomic E-state index is 11.9. The van der Waals surface area contributed by atoms with Gasteiger partial charge in [-0.05, 0) is 30.7 Å². The molecule has 0 saturated carbocycles. The van der Waals surface area contributed by atoms with Gasteiger partial charge in [0.15, 0.2) is 0 Å². The minimum atomic E-state index is -0.240. The van der Waals surface area contributed by atoms with Gasteiger partial charge in [0.25, 0.3) is 0 Å². The summed E-state index contributed by atoms with van der Waals surface area (Å²) in [6, 6.07) is 9.36. The number of nitrogens with one attached hydrogen (secondary N) is 2. The standard InChI is InChI=1S/C16H17N5OS/c1-12-19-15(11-23-12)9-17-16(22)20-14-5-3-13(4-6-14)10-21-8-2-7-18-21/h2-8,11H,9-10H2,1H3,(H2,17,20,22). The van der Waals surface area contributed by atoms with E-state index >= 15 is 0 Å². The molecular weight excluding hydrogens is 310 g/mol. The van der Waals surface area contributed by atoms with E-state index in [1.807, 2.05) is 53.5 Å². The lowest BCUT2D eigenvalue weighted by molar-refractivity contribution is 0.251. The zero-order valence-electron chi connectivity index (χ0n) is 12.7. The first-order chi connectivity index (χ1) is 11.2. The van der Waals surface area contributed by atoms with E-state index in [1.165, 1.54) is 0 Å². The second kappa shape index (κ2) is 7.06. The Morgan fingerprint density at radius 1 is 1.30 bits per heavy atom. The van der Waals surface area contributed by atoms with E-state index in [1.54, 1.807) is 17.5 Å². The number of amides is 2. The Labute approximate surface area is 138 Å². The molecule has 3 rings (SSSR count). The Bertz CT molecular complexity index is 764. The lowest BCUT2D eigenvalue weighted by Gasteiger charge is -2.08. The normalized spacial score (nSPS) is 10.5. The van der Waals surface area contributed by atoms with Gasteiger partial charge in [-0.1, -0.05) is 12.1 Å². The summed E-state index contributed by atoms with van der Waals surface area (Å²) in [5.74, 6) is 0. The molecule has 2 heterocycles. The number of aryl methyl sites for hydroxylation is 1. The number of urea groups is 1. The summed E-state index contributed by atoms with van der Waals surface area (Å²) in [6.07, 6.45) is 3.67. The third-order valence-corrected chi connectivity index (χ3v) is 4.03. The van der Waals surface area contributed by atoms with Gasteiger partial charge >= 0.3 is 6.03 Å². The number of rotatable bonds is 5. The van der Waals surface area contributed by atoms with Crippen molar-refractivity contribution in [2.24, 2.45) is 0 Å². The number of aromatic nitrogens is 3. The van der Waals surface area contributed by atoms with Crippen LogP contribution in [-0.2, 0) is 13.1 Å². The minimum Gasteiger partial charge on any atom is -0.332 e. The average Bonchev–Trinajstić information content (AvgIpc) is 3.19. The van der Waals surface area contributed by atoms with Crippen LogP contribution in [0.25, 0.3) is 0 Å². The maximum absolute atomic E-state index is 11.9. The molecule has 3 aromatic rings. The van der Waals surface area contributed by atoms with Gasteiger partial charge in [0.05, 0.1) is 23.8 Å². The first kappa shape index (κ1) is 15.2. The van der Waals surface area contributed by atoms with E-state index < -0.39 is 0 Å². The first-order valence-electron chi connectivity index (χ1n) is 7.21. The smallest absolute Gasteiger partial charge is 0.319 e. The molecule has 0 unspecified atom stereocenters. The monoisotopic (exact) mass is 327 g/mol. The molecule has 0 bridgehead atoms. The molecule has 23 heavy (non-hydrogen) atoms. The van der Waals surface area contributed by atoms with Crippen LogP contribution in [0.5, 0.6) is 0 Å². The van der Waals surface area contributed by atoms with E-state index in [0.29, 0.717) is 13.1 Å². The van der Waals surface area contributed by atoms with Crippen LogP contribution in [0, 0.1) is 6.92 Å². The fourth-order valence-electron chi connectivity index (χ4n) is 2.11. The lowest BCUT2D eigenvalue weighted by atomic mass is 10.2. The summed E-state index contributed by atoms with van der Waals surface area (Å²) in [4.78, 5) is 16.2. The quantitative estimate of drug-likeness (QED) is 0.756. The number of anilines is 1. The molecule has 0 aliphatic carbocycles. The molecule has 0 aliphatic rings. The van der Waals surface area contributed by atoms with Gasteiger partial charge in [-0.3, -0.25) is 4.68 Å². The molecule has 0 saturated heterocycles. The SMILES string of the molecule is Cc1nc(CNC(=O)Nc2ccc(Cn3cccn3)cc2)cs1. The van der Waals surface area contributed by atoms with Gasteiger partial charge in [0, 0.05) is 23.5 Å². The van der Waals surface area contributed by atoms with Gasteiger partial charge < -0.3 is 10.6 Å². The van der Waals surface area contributed by atoms with Crippen molar-refractivity contribution >= 4 is 23.1 Å². The Morgan fingerprint density at radius 2 is 2.13 bits per heavy atom. The van der Waals surface area contributed by atoms with E-state index in [-0.39, 0.29) is 6.03 Å². The summed E-state index contributed by atoms with van der Waals surface area (Å²) in [5.41, 5.74) is 2.75. The van der Waals surface area contributed by atoms with Gasteiger partial charge in [-0.2, -0.15) is 5.10 Å². The van der Waals surface area contributed by atoms with Crippen LogP contribution in [0.1, 0.15) is 16.3 Å². The molecule has 0 radical (unpaired) electrons. The summed E-state index contributed by atoms with van der Waals surface area (Å²) in [7, 11) is 0. The number of hydrogen-bond donors (Lipinski definition) is 2. The molecular formula is C16H17N5OS. The van der Waals surface area contributed by atoms with Gasteiger partial charge in [0.2, 0.25) is 0 Å². The third kappa shape index (κ3) is 4.40. The van der Waals surface area contributed by atoms with Crippen molar-refractivity contribution in [1.29, 1.82) is 0 Å². The van der Waals surface area contributed by atoms with Crippen LogP contribution < -0.4 is 10.6 Å².